The van der Waals surface area contributed by atoms with Crippen molar-refractivity contribution in [1.29, 1.82) is 0 Å². The molecule has 1 aliphatic carbocycles. The number of carboxylic acid groups (broad SMARTS) is 1. The smallest absolute Gasteiger partial charge is 0.307 e. The van der Waals surface area contributed by atoms with Crippen LogP contribution in [0.15, 0.2) is 36.5 Å². The number of aliphatic carboxylic acids is 1. The molecule has 1 aromatic heterocycles. The van der Waals surface area contributed by atoms with Gasteiger partial charge in [0.05, 0.1) is 11.6 Å². The van der Waals surface area contributed by atoms with E-state index >= 15 is 0 Å². The third-order valence-corrected chi connectivity index (χ3v) is 4.71. The Morgan fingerprint density at radius 1 is 1.09 bits per heavy atom. The van der Waals surface area contributed by atoms with Gasteiger partial charge in [0.15, 0.2) is 5.78 Å². The minimum atomic E-state index is -0.852. The van der Waals surface area contributed by atoms with Crippen LogP contribution in [-0.2, 0) is 11.8 Å². The zero-order valence-corrected chi connectivity index (χ0v) is 13.1. The molecule has 2 aromatic rings. The van der Waals surface area contributed by atoms with Gasteiger partial charge in [0, 0.05) is 24.7 Å². The third-order valence-electron chi connectivity index (χ3n) is 4.71. The topological polar surface area (TPSA) is 72.2 Å². The number of benzene rings is 1. The predicted octanol–water partition coefficient (Wildman–Crippen LogP) is 3.16. The first kappa shape index (κ1) is 15.5. The molecule has 0 bridgehead atoms. The first-order valence-electron chi connectivity index (χ1n) is 7.93. The number of carboxylic acids is 1. The number of aromatic nitrogens is 2. The van der Waals surface area contributed by atoms with Gasteiger partial charge in [0.2, 0.25) is 0 Å². The van der Waals surface area contributed by atoms with Crippen LogP contribution in [0.5, 0.6) is 0 Å². The molecule has 1 saturated carbocycles. The molecule has 0 amide bonds. The number of nitrogens with zero attached hydrogens (tertiary/aromatic N) is 2. The molecule has 5 nitrogen and oxygen atoms in total. The molecule has 120 valence electrons. The van der Waals surface area contributed by atoms with Crippen molar-refractivity contribution < 1.29 is 14.7 Å². The molecule has 1 fully saturated rings. The second-order valence-electron chi connectivity index (χ2n) is 6.12. The van der Waals surface area contributed by atoms with Gasteiger partial charge in [-0.25, -0.2) is 0 Å². The Hall–Kier alpha value is -2.43. The lowest BCUT2D eigenvalue weighted by Crippen LogP contribution is -2.32. The van der Waals surface area contributed by atoms with Gasteiger partial charge in [0.25, 0.3) is 0 Å². The van der Waals surface area contributed by atoms with E-state index < -0.39 is 17.8 Å². The molecule has 0 spiro atoms. The van der Waals surface area contributed by atoms with Gasteiger partial charge in [-0.1, -0.05) is 37.1 Å². The number of ketones is 1. The average molecular weight is 312 g/mol. The summed E-state index contributed by atoms with van der Waals surface area (Å²) in [7, 11) is 1.87. The normalized spacial score (nSPS) is 21.1. The van der Waals surface area contributed by atoms with Gasteiger partial charge in [-0.05, 0) is 24.5 Å². The molecule has 0 radical (unpaired) electrons. The van der Waals surface area contributed by atoms with Crippen molar-refractivity contribution in [3.05, 3.63) is 42.1 Å². The highest BCUT2D eigenvalue weighted by molar-refractivity contribution is 6.00. The lowest BCUT2D eigenvalue weighted by Gasteiger charge is -2.27. The van der Waals surface area contributed by atoms with Crippen LogP contribution in [0.25, 0.3) is 11.3 Å². The summed E-state index contributed by atoms with van der Waals surface area (Å²) in [5, 5.41) is 13.5. The Labute approximate surface area is 134 Å². The van der Waals surface area contributed by atoms with E-state index in [9.17, 15) is 14.7 Å². The first-order valence-corrected chi connectivity index (χ1v) is 7.93. The van der Waals surface area contributed by atoms with Gasteiger partial charge in [0.1, 0.15) is 0 Å². The van der Waals surface area contributed by atoms with Crippen molar-refractivity contribution in [1.82, 2.24) is 9.78 Å². The van der Waals surface area contributed by atoms with Crippen molar-refractivity contribution in [3.8, 4) is 11.3 Å². The Balaban J connectivity index is 1.82. The van der Waals surface area contributed by atoms with Crippen molar-refractivity contribution >= 4 is 11.8 Å². The van der Waals surface area contributed by atoms with E-state index in [1.165, 1.54) is 0 Å². The van der Waals surface area contributed by atoms with Gasteiger partial charge in [-0.3, -0.25) is 14.3 Å². The predicted molar refractivity (Wildman–Crippen MR) is 86.1 cm³/mol. The Bertz CT molecular complexity index is 718. The minimum Gasteiger partial charge on any atom is -0.481 e. The quantitative estimate of drug-likeness (QED) is 0.880. The van der Waals surface area contributed by atoms with Gasteiger partial charge in [-0.2, -0.15) is 5.10 Å². The van der Waals surface area contributed by atoms with Crippen LogP contribution in [0.4, 0.5) is 0 Å². The fraction of sp³-hybridized carbons (Fsp3) is 0.389. The maximum Gasteiger partial charge on any atom is 0.307 e. The molecule has 0 unspecified atom stereocenters. The third kappa shape index (κ3) is 3.04. The molecule has 2 atom stereocenters. The van der Waals surface area contributed by atoms with Crippen LogP contribution in [0, 0.1) is 11.8 Å². The summed E-state index contributed by atoms with van der Waals surface area (Å²) in [6.45, 7) is 0. The number of Topliss-reactive ketones (excluding diaryl/α,β-unsaturated/α-hetero) is 1. The van der Waals surface area contributed by atoms with Crippen molar-refractivity contribution in [3.63, 3.8) is 0 Å². The van der Waals surface area contributed by atoms with E-state index in [0.717, 1.165) is 24.1 Å². The number of carbonyl (C=O) groups is 2. The number of carbonyl (C=O) groups excluding carboxylic acids is 1. The summed E-state index contributed by atoms with van der Waals surface area (Å²) < 4.78 is 1.78. The molecule has 1 aliphatic rings. The lowest BCUT2D eigenvalue weighted by molar-refractivity contribution is -0.144. The summed E-state index contributed by atoms with van der Waals surface area (Å²) in [5.74, 6) is -1.85. The second-order valence-corrected chi connectivity index (χ2v) is 6.12. The molecule has 3 rings (SSSR count). The number of aryl methyl sites for hydroxylation is 1. The summed E-state index contributed by atoms with van der Waals surface area (Å²) in [6, 6.07) is 9.28. The average Bonchev–Trinajstić information content (AvgIpc) is 3.00. The van der Waals surface area contributed by atoms with Gasteiger partial charge >= 0.3 is 5.97 Å². The standard InChI is InChI=1S/C18H20N2O3/c1-20-16(10-11-19-20)12-6-8-13(9-7-12)17(21)14-4-2-3-5-15(14)18(22)23/h6-11,14-15H,2-5H2,1H3,(H,22,23)/t14-,15-/m1/s1. The first-order chi connectivity index (χ1) is 11.1. The molecule has 5 heteroatoms. The van der Waals surface area contributed by atoms with E-state index in [1.807, 2.05) is 25.2 Å². The molecule has 0 aliphatic heterocycles. The van der Waals surface area contributed by atoms with Crippen LogP contribution >= 0.6 is 0 Å². The van der Waals surface area contributed by atoms with Crippen molar-refractivity contribution in [2.24, 2.45) is 18.9 Å². The maximum absolute atomic E-state index is 12.7. The van der Waals surface area contributed by atoms with Crippen LogP contribution in [-0.4, -0.2) is 26.6 Å². The maximum atomic E-state index is 12.7. The molecule has 1 aromatic carbocycles. The molecule has 1 heterocycles. The van der Waals surface area contributed by atoms with Crippen LogP contribution in [0.1, 0.15) is 36.0 Å². The fourth-order valence-electron chi connectivity index (χ4n) is 3.42. The molecular formula is C18H20N2O3. The van der Waals surface area contributed by atoms with E-state index in [-0.39, 0.29) is 5.78 Å². The van der Waals surface area contributed by atoms with E-state index in [1.54, 1.807) is 23.0 Å². The number of hydrogen-bond acceptors (Lipinski definition) is 3. The van der Waals surface area contributed by atoms with E-state index in [2.05, 4.69) is 5.10 Å². The summed E-state index contributed by atoms with van der Waals surface area (Å²) in [5.41, 5.74) is 2.55. The number of rotatable bonds is 4. The van der Waals surface area contributed by atoms with Crippen LogP contribution < -0.4 is 0 Å². The molecular weight excluding hydrogens is 292 g/mol. The van der Waals surface area contributed by atoms with Crippen molar-refractivity contribution in [2.45, 2.75) is 25.7 Å². The molecule has 23 heavy (non-hydrogen) atoms. The highest BCUT2D eigenvalue weighted by Crippen LogP contribution is 2.33. The van der Waals surface area contributed by atoms with Gasteiger partial charge < -0.3 is 5.11 Å². The highest BCUT2D eigenvalue weighted by Gasteiger charge is 2.35. The second kappa shape index (κ2) is 6.36. The summed E-state index contributed by atoms with van der Waals surface area (Å²) in [6.07, 6.45) is 4.81. The van der Waals surface area contributed by atoms with Gasteiger partial charge in [-0.15, -0.1) is 0 Å². The highest BCUT2D eigenvalue weighted by atomic mass is 16.4. The SMILES string of the molecule is Cn1nccc1-c1ccc(C(=O)[C@@H]2CCCC[C@H]2C(=O)O)cc1. The largest absolute Gasteiger partial charge is 0.481 e. The van der Waals surface area contributed by atoms with Crippen molar-refractivity contribution in [2.75, 3.05) is 0 Å². The van der Waals surface area contributed by atoms with Crippen LogP contribution in [0.2, 0.25) is 0 Å². The van der Waals surface area contributed by atoms with Crippen LogP contribution in [0.3, 0.4) is 0 Å². The lowest BCUT2D eigenvalue weighted by atomic mass is 9.75. The zero-order chi connectivity index (χ0) is 16.4. The molecule has 0 saturated heterocycles. The Kier molecular flexibility index (Phi) is 4.28. The number of hydrogen-bond donors (Lipinski definition) is 1. The van der Waals surface area contributed by atoms with E-state index in [0.29, 0.717) is 18.4 Å². The summed E-state index contributed by atoms with van der Waals surface area (Å²) in [4.78, 5) is 24.1. The zero-order valence-electron chi connectivity index (χ0n) is 13.1. The van der Waals surface area contributed by atoms with E-state index in [4.69, 9.17) is 0 Å². The fourth-order valence-corrected chi connectivity index (χ4v) is 3.42. The minimum absolute atomic E-state index is 0.0475. The Morgan fingerprint density at radius 3 is 2.30 bits per heavy atom. The summed E-state index contributed by atoms with van der Waals surface area (Å²) >= 11 is 0. The molecule has 1 N–H and O–H groups in total. The Morgan fingerprint density at radius 2 is 1.74 bits per heavy atom. The monoisotopic (exact) mass is 312 g/mol.